The highest BCUT2D eigenvalue weighted by Gasteiger charge is 2.04. The van der Waals surface area contributed by atoms with Crippen LogP contribution in [-0.4, -0.2) is 22.8 Å². The predicted octanol–water partition coefficient (Wildman–Crippen LogP) is 2.36. The molecule has 17 heavy (non-hydrogen) atoms. The van der Waals surface area contributed by atoms with Gasteiger partial charge in [-0.3, -0.25) is 0 Å². The highest BCUT2D eigenvalue weighted by atomic mass is 16.5. The minimum atomic E-state index is 0.0950. The molecule has 0 spiro atoms. The summed E-state index contributed by atoms with van der Waals surface area (Å²) in [6, 6.07) is 7.59. The first-order valence-corrected chi connectivity index (χ1v) is 5.54. The SMILES string of the molecule is COc1ccc(OC(C)Cn2ccnc2)cc1. The summed E-state index contributed by atoms with van der Waals surface area (Å²) in [5.74, 6) is 1.68. The molecule has 4 heteroatoms. The first-order valence-electron chi connectivity index (χ1n) is 5.54. The fraction of sp³-hybridized carbons (Fsp3) is 0.308. The van der Waals surface area contributed by atoms with Gasteiger partial charge in [-0.25, -0.2) is 4.98 Å². The number of methoxy groups -OCH3 is 1. The summed E-state index contributed by atoms with van der Waals surface area (Å²) in [4.78, 5) is 4.00. The maximum absolute atomic E-state index is 5.78. The van der Waals surface area contributed by atoms with Crippen molar-refractivity contribution in [3.05, 3.63) is 43.0 Å². The molecule has 90 valence electrons. The number of nitrogens with zero attached hydrogens (tertiary/aromatic N) is 2. The van der Waals surface area contributed by atoms with Crippen LogP contribution in [0.4, 0.5) is 0 Å². The minimum Gasteiger partial charge on any atom is -0.497 e. The van der Waals surface area contributed by atoms with Gasteiger partial charge in [-0.05, 0) is 31.2 Å². The molecule has 2 aromatic rings. The van der Waals surface area contributed by atoms with Crippen molar-refractivity contribution in [3.8, 4) is 11.5 Å². The third-order valence-corrected chi connectivity index (χ3v) is 2.42. The number of hydrogen-bond donors (Lipinski definition) is 0. The van der Waals surface area contributed by atoms with Gasteiger partial charge in [-0.1, -0.05) is 0 Å². The molecule has 0 aliphatic carbocycles. The second-order valence-electron chi connectivity index (χ2n) is 3.86. The third kappa shape index (κ3) is 3.24. The lowest BCUT2D eigenvalue weighted by Gasteiger charge is -2.15. The van der Waals surface area contributed by atoms with Crippen LogP contribution in [0.3, 0.4) is 0 Å². The molecule has 0 aliphatic heterocycles. The summed E-state index contributed by atoms with van der Waals surface area (Å²) in [7, 11) is 1.65. The van der Waals surface area contributed by atoms with Gasteiger partial charge in [0.2, 0.25) is 0 Å². The second kappa shape index (κ2) is 5.39. The fourth-order valence-corrected chi connectivity index (χ4v) is 1.62. The summed E-state index contributed by atoms with van der Waals surface area (Å²) in [6.07, 6.45) is 5.57. The Morgan fingerprint density at radius 1 is 1.24 bits per heavy atom. The molecule has 0 saturated carbocycles. The molecule has 0 N–H and O–H groups in total. The van der Waals surface area contributed by atoms with Crippen LogP contribution in [0.2, 0.25) is 0 Å². The predicted molar refractivity (Wildman–Crippen MR) is 65.3 cm³/mol. The molecule has 1 heterocycles. The number of rotatable bonds is 5. The molecule has 1 unspecified atom stereocenters. The zero-order valence-corrected chi connectivity index (χ0v) is 10.0. The monoisotopic (exact) mass is 232 g/mol. The summed E-state index contributed by atoms with van der Waals surface area (Å²) in [5, 5.41) is 0. The Labute approximate surface area is 101 Å². The van der Waals surface area contributed by atoms with Crippen molar-refractivity contribution in [1.82, 2.24) is 9.55 Å². The number of aromatic nitrogens is 2. The van der Waals surface area contributed by atoms with Crippen LogP contribution < -0.4 is 9.47 Å². The Morgan fingerprint density at radius 2 is 1.94 bits per heavy atom. The van der Waals surface area contributed by atoms with E-state index in [4.69, 9.17) is 9.47 Å². The minimum absolute atomic E-state index is 0.0950. The van der Waals surface area contributed by atoms with Crippen LogP contribution in [0.1, 0.15) is 6.92 Å². The van der Waals surface area contributed by atoms with E-state index in [1.165, 1.54) is 0 Å². The summed E-state index contributed by atoms with van der Waals surface area (Å²) >= 11 is 0. The van der Waals surface area contributed by atoms with E-state index in [0.717, 1.165) is 18.0 Å². The lowest BCUT2D eigenvalue weighted by atomic mass is 10.3. The van der Waals surface area contributed by atoms with Crippen molar-refractivity contribution < 1.29 is 9.47 Å². The fourth-order valence-electron chi connectivity index (χ4n) is 1.62. The van der Waals surface area contributed by atoms with Crippen molar-refractivity contribution in [2.24, 2.45) is 0 Å². The van der Waals surface area contributed by atoms with E-state index in [1.54, 1.807) is 19.6 Å². The average molecular weight is 232 g/mol. The van der Waals surface area contributed by atoms with E-state index < -0.39 is 0 Å². The van der Waals surface area contributed by atoms with Gasteiger partial charge in [-0.15, -0.1) is 0 Å². The Kier molecular flexibility index (Phi) is 3.65. The first-order chi connectivity index (χ1) is 8.28. The summed E-state index contributed by atoms with van der Waals surface area (Å²) < 4.78 is 12.9. The second-order valence-corrected chi connectivity index (χ2v) is 3.86. The Balaban J connectivity index is 1.91. The van der Waals surface area contributed by atoms with Crippen molar-refractivity contribution in [2.45, 2.75) is 19.6 Å². The maximum Gasteiger partial charge on any atom is 0.120 e. The molecule has 1 aromatic heterocycles. The van der Waals surface area contributed by atoms with Crippen molar-refractivity contribution in [1.29, 1.82) is 0 Å². The van der Waals surface area contributed by atoms with E-state index in [2.05, 4.69) is 4.98 Å². The molecular formula is C13H16N2O2. The summed E-state index contributed by atoms with van der Waals surface area (Å²) in [5.41, 5.74) is 0. The van der Waals surface area contributed by atoms with Crippen LogP contribution in [0.5, 0.6) is 11.5 Å². The van der Waals surface area contributed by atoms with E-state index in [1.807, 2.05) is 42.0 Å². The van der Waals surface area contributed by atoms with Crippen LogP contribution in [0, 0.1) is 0 Å². The highest BCUT2D eigenvalue weighted by molar-refractivity contribution is 5.31. The summed E-state index contributed by atoms with van der Waals surface area (Å²) in [6.45, 7) is 2.82. The maximum atomic E-state index is 5.78. The Hall–Kier alpha value is -1.97. The van der Waals surface area contributed by atoms with Gasteiger partial charge in [0, 0.05) is 12.4 Å². The van der Waals surface area contributed by atoms with Crippen molar-refractivity contribution >= 4 is 0 Å². The molecule has 0 fully saturated rings. The molecule has 1 aromatic carbocycles. The first kappa shape index (κ1) is 11.5. The Bertz CT molecular complexity index is 437. The quantitative estimate of drug-likeness (QED) is 0.794. The van der Waals surface area contributed by atoms with Gasteiger partial charge >= 0.3 is 0 Å². The van der Waals surface area contributed by atoms with Crippen LogP contribution in [-0.2, 0) is 6.54 Å². The number of ether oxygens (including phenoxy) is 2. The van der Waals surface area contributed by atoms with Crippen molar-refractivity contribution in [3.63, 3.8) is 0 Å². The average Bonchev–Trinajstić information content (AvgIpc) is 2.82. The van der Waals surface area contributed by atoms with E-state index in [9.17, 15) is 0 Å². The lowest BCUT2D eigenvalue weighted by Crippen LogP contribution is -2.18. The number of benzene rings is 1. The highest BCUT2D eigenvalue weighted by Crippen LogP contribution is 2.18. The molecular weight excluding hydrogens is 216 g/mol. The van der Waals surface area contributed by atoms with Crippen molar-refractivity contribution in [2.75, 3.05) is 7.11 Å². The molecule has 4 nitrogen and oxygen atoms in total. The standard InChI is InChI=1S/C13H16N2O2/c1-11(9-15-8-7-14-10-15)17-13-5-3-12(16-2)4-6-13/h3-8,10-11H,9H2,1-2H3. The normalized spacial score (nSPS) is 12.1. The lowest BCUT2D eigenvalue weighted by molar-refractivity contribution is 0.199. The molecule has 0 aliphatic rings. The smallest absolute Gasteiger partial charge is 0.120 e. The third-order valence-electron chi connectivity index (χ3n) is 2.42. The van der Waals surface area contributed by atoms with Gasteiger partial charge in [0.05, 0.1) is 20.0 Å². The Morgan fingerprint density at radius 3 is 2.53 bits per heavy atom. The van der Waals surface area contributed by atoms with Gasteiger partial charge < -0.3 is 14.0 Å². The molecule has 0 radical (unpaired) electrons. The van der Waals surface area contributed by atoms with Crippen LogP contribution >= 0.6 is 0 Å². The van der Waals surface area contributed by atoms with Gasteiger partial charge in [0.15, 0.2) is 0 Å². The van der Waals surface area contributed by atoms with E-state index >= 15 is 0 Å². The topological polar surface area (TPSA) is 36.3 Å². The molecule has 0 bridgehead atoms. The van der Waals surface area contributed by atoms with Crippen LogP contribution in [0.25, 0.3) is 0 Å². The zero-order valence-electron chi connectivity index (χ0n) is 10.0. The zero-order chi connectivity index (χ0) is 12.1. The molecule has 1 atom stereocenters. The van der Waals surface area contributed by atoms with E-state index in [0.29, 0.717) is 0 Å². The van der Waals surface area contributed by atoms with Gasteiger partial charge in [0.1, 0.15) is 17.6 Å². The van der Waals surface area contributed by atoms with Crippen LogP contribution in [0.15, 0.2) is 43.0 Å². The molecule has 2 rings (SSSR count). The largest absolute Gasteiger partial charge is 0.497 e. The molecule has 0 saturated heterocycles. The number of hydrogen-bond acceptors (Lipinski definition) is 3. The van der Waals surface area contributed by atoms with Gasteiger partial charge in [0.25, 0.3) is 0 Å². The number of imidazole rings is 1. The molecule has 0 amide bonds. The van der Waals surface area contributed by atoms with E-state index in [-0.39, 0.29) is 6.10 Å². The van der Waals surface area contributed by atoms with Gasteiger partial charge in [-0.2, -0.15) is 0 Å².